The van der Waals surface area contributed by atoms with Crippen LogP contribution in [0.1, 0.15) is 22.3 Å². The zero-order valence-electron chi connectivity index (χ0n) is 13.4. The van der Waals surface area contributed by atoms with Gasteiger partial charge in [0.15, 0.2) is 6.61 Å². The van der Waals surface area contributed by atoms with Crippen molar-refractivity contribution >= 4 is 29.1 Å². The molecule has 5 heteroatoms. The highest BCUT2D eigenvalue weighted by Crippen LogP contribution is 2.23. The predicted molar refractivity (Wildman–Crippen MR) is 94.5 cm³/mol. The smallest absolute Gasteiger partial charge is 0.258 e. The lowest BCUT2D eigenvalue weighted by atomic mass is 10.1. The van der Waals surface area contributed by atoms with Crippen LogP contribution in [-0.4, -0.2) is 12.5 Å². The van der Waals surface area contributed by atoms with Gasteiger partial charge in [0.2, 0.25) is 0 Å². The molecule has 0 radical (unpaired) electrons. The van der Waals surface area contributed by atoms with Gasteiger partial charge in [0.25, 0.3) is 5.91 Å². The molecule has 23 heavy (non-hydrogen) atoms. The van der Waals surface area contributed by atoms with Crippen molar-refractivity contribution in [1.29, 1.82) is 0 Å². The number of amides is 1. The predicted octanol–water partition coefficient (Wildman–Crippen LogP) is 4.61. The van der Waals surface area contributed by atoms with Gasteiger partial charge in [-0.05, 0) is 61.2 Å². The monoisotopic (exact) mass is 351 g/mol. The van der Waals surface area contributed by atoms with E-state index in [1.54, 1.807) is 18.2 Å². The number of nitrogens with one attached hydrogen (secondary N) is 1. The maximum absolute atomic E-state index is 11.9. The maximum atomic E-state index is 11.9. The van der Waals surface area contributed by atoms with Crippen molar-refractivity contribution in [2.45, 2.75) is 27.3 Å². The van der Waals surface area contributed by atoms with E-state index < -0.39 is 0 Å². The summed E-state index contributed by atoms with van der Waals surface area (Å²) >= 11 is 11.9. The van der Waals surface area contributed by atoms with Crippen LogP contribution in [-0.2, 0) is 11.3 Å². The van der Waals surface area contributed by atoms with Gasteiger partial charge in [-0.1, -0.05) is 35.3 Å². The van der Waals surface area contributed by atoms with Crippen molar-refractivity contribution < 1.29 is 9.53 Å². The third kappa shape index (κ3) is 4.88. The van der Waals surface area contributed by atoms with E-state index in [-0.39, 0.29) is 12.5 Å². The van der Waals surface area contributed by atoms with Crippen LogP contribution < -0.4 is 10.1 Å². The van der Waals surface area contributed by atoms with Crippen molar-refractivity contribution in [2.75, 3.05) is 6.61 Å². The Hall–Kier alpha value is -1.71. The molecule has 2 aromatic rings. The summed E-state index contributed by atoms with van der Waals surface area (Å²) < 4.78 is 5.63. The van der Waals surface area contributed by atoms with Crippen LogP contribution in [0.4, 0.5) is 0 Å². The maximum Gasteiger partial charge on any atom is 0.258 e. The lowest BCUT2D eigenvalue weighted by Crippen LogP contribution is -2.28. The summed E-state index contributed by atoms with van der Waals surface area (Å²) in [6.07, 6.45) is 0. The number of benzene rings is 2. The number of hydrogen-bond acceptors (Lipinski definition) is 2. The fraction of sp³-hybridized carbons (Fsp3) is 0.278. The minimum atomic E-state index is -0.199. The average molecular weight is 352 g/mol. The first-order valence-electron chi connectivity index (χ1n) is 7.28. The quantitative estimate of drug-likeness (QED) is 0.853. The van der Waals surface area contributed by atoms with Crippen molar-refractivity contribution in [3.8, 4) is 5.75 Å². The minimum Gasteiger partial charge on any atom is -0.483 e. The summed E-state index contributed by atoms with van der Waals surface area (Å²) in [7, 11) is 0. The normalized spacial score (nSPS) is 10.5. The highest BCUT2D eigenvalue weighted by molar-refractivity contribution is 6.35. The Morgan fingerprint density at radius 1 is 1.13 bits per heavy atom. The summed E-state index contributed by atoms with van der Waals surface area (Å²) in [5, 5.41) is 3.89. The van der Waals surface area contributed by atoms with Gasteiger partial charge in [0.1, 0.15) is 5.75 Å². The molecular formula is C18H19Cl2NO2. The Labute approximate surface area is 146 Å². The number of ether oxygens (including phenoxy) is 1. The standard InChI is InChI=1S/C18H19Cl2NO2/c1-11-6-12(2)13(3)17(7-11)23-10-18(22)21-9-14-4-5-15(19)8-16(14)20/h4-8H,9-10H2,1-3H3,(H,21,22). The van der Waals surface area contributed by atoms with Crippen LogP contribution >= 0.6 is 23.2 Å². The molecule has 0 saturated carbocycles. The van der Waals surface area contributed by atoms with E-state index in [0.717, 1.165) is 28.0 Å². The van der Waals surface area contributed by atoms with Crippen LogP contribution in [0.3, 0.4) is 0 Å². The zero-order valence-corrected chi connectivity index (χ0v) is 14.9. The molecule has 122 valence electrons. The van der Waals surface area contributed by atoms with E-state index in [9.17, 15) is 4.79 Å². The third-order valence-electron chi connectivity index (χ3n) is 3.61. The van der Waals surface area contributed by atoms with Crippen LogP contribution in [0.15, 0.2) is 30.3 Å². The molecule has 0 spiro atoms. The van der Waals surface area contributed by atoms with Gasteiger partial charge in [0, 0.05) is 16.6 Å². The van der Waals surface area contributed by atoms with E-state index in [1.807, 2.05) is 26.8 Å². The molecule has 2 aromatic carbocycles. The SMILES string of the molecule is Cc1cc(C)c(C)c(OCC(=O)NCc2ccc(Cl)cc2Cl)c1. The first-order valence-corrected chi connectivity index (χ1v) is 8.03. The second-order valence-corrected chi connectivity index (χ2v) is 6.35. The van der Waals surface area contributed by atoms with Crippen molar-refractivity contribution in [2.24, 2.45) is 0 Å². The molecule has 0 atom stereocenters. The third-order valence-corrected chi connectivity index (χ3v) is 4.20. The Morgan fingerprint density at radius 2 is 1.87 bits per heavy atom. The van der Waals surface area contributed by atoms with E-state index >= 15 is 0 Å². The van der Waals surface area contributed by atoms with Crippen molar-refractivity contribution in [3.05, 3.63) is 62.6 Å². The van der Waals surface area contributed by atoms with Gasteiger partial charge in [-0.15, -0.1) is 0 Å². The van der Waals surface area contributed by atoms with E-state index in [4.69, 9.17) is 27.9 Å². The summed E-state index contributed by atoms with van der Waals surface area (Å²) in [5.74, 6) is 0.539. The number of halogens is 2. The van der Waals surface area contributed by atoms with Gasteiger partial charge in [-0.25, -0.2) is 0 Å². The molecule has 0 unspecified atom stereocenters. The van der Waals surface area contributed by atoms with Gasteiger partial charge in [0.05, 0.1) is 0 Å². The molecule has 3 nitrogen and oxygen atoms in total. The van der Waals surface area contributed by atoms with E-state index in [2.05, 4.69) is 11.4 Å². The largest absolute Gasteiger partial charge is 0.483 e. The topological polar surface area (TPSA) is 38.3 Å². The number of carbonyl (C=O) groups is 1. The fourth-order valence-corrected chi connectivity index (χ4v) is 2.68. The molecule has 0 saturated heterocycles. The number of hydrogen-bond donors (Lipinski definition) is 1. The van der Waals surface area contributed by atoms with Crippen molar-refractivity contribution in [1.82, 2.24) is 5.32 Å². The molecule has 1 amide bonds. The van der Waals surface area contributed by atoms with E-state index in [0.29, 0.717) is 16.6 Å². The highest BCUT2D eigenvalue weighted by atomic mass is 35.5. The van der Waals surface area contributed by atoms with Crippen LogP contribution in [0.25, 0.3) is 0 Å². The molecule has 0 fully saturated rings. The molecule has 0 aliphatic rings. The van der Waals surface area contributed by atoms with Gasteiger partial charge in [-0.2, -0.15) is 0 Å². The number of carbonyl (C=O) groups excluding carboxylic acids is 1. The Bertz CT molecular complexity index is 729. The molecule has 0 bridgehead atoms. The molecule has 0 aromatic heterocycles. The summed E-state index contributed by atoms with van der Waals surface area (Å²) in [5.41, 5.74) is 4.11. The fourth-order valence-electron chi connectivity index (χ4n) is 2.20. The summed E-state index contributed by atoms with van der Waals surface area (Å²) in [6.45, 7) is 6.31. The Balaban J connectivity index is 1.91. The number of aryl methyl sites for hydroxylation is 2. The summed E-state index contributed by atoms with van der Waals surface area (Å²) in [4.78, 5) is 11.9. The molecule has 0 heterocycles. The lowest BCUT2D eigenvalue weighted by molar-refractivity contribution is -0.123. The second-order valence-electron chi connectivity index (χ2n) is 5.51. The van der Waals surface area contributed by atoms with Crippen LogP contribution in [0.5, 0.6) is 5.75 Å². The highest BCUT2D eigenvalue weighted by Gasteiger charge is 2.08. The molecule has 0 aliphatic heterocycles. The summed E-state index contributed by atoms with van der Waals surface area (Å²) in [6, 6.07) is 9.21. The Kier molecular flexibility index (Phi) is 5.91. The molecule has 2 rings (SSSR count). The second kappa shape index (κ2) is 7.71. The van der Waals surface area contributed by atoms with Gasteiger partial charge in [-0.3, -0.25) is 4.79 Å². The first kappa shape index (κ1) is 17.6. The molecule has 1 N–H and O–H groups in total. The molecular weight excluding hydrogens is 333 g/mol. The number of rotatable bonds is 5. The van der Waals surface area contributed by atoms with Gasteiger partial charge >= 0.3 is 0 Å². The van der Waals surface area contributed by atoms with E-state index in [1.165, 1.54) is 0 Å². The zero-order chi connectivity index (χ0) is 17.0. The average Bonchev–Trinajstić information content (AvgIpc) is 2.48. The van der Waals surface area contributed by atoms with Crippen molar-refractivity contribution in [3.63, 3.8) is 0 Å². The lowest BCUT2D eigenvalue weighted by Gasteiger charge is -2.13. The van der Waals surface area contributed by atoms with Crippen LogP contribution in [0, 0.1) is 20.8 Å². The van der Waals surface area contributed by atoms with Crippen LogP contribution in [0.2, 0.25) is 10.0 Å². The molecule has 0 aliphatic carbocycles. The first-order chi connectivity index (χ1) is 10.9. The van der Waals surface area contributed by atoms with Gasteiger partial charge < -0.3 is 10.1 Å². The Morgan fingerprint density at radius 3 is 2.57 bits per heavy atom. The minimum absolute atomic E-state index is 0.0328.